The van der Waals surface area contributed by atoms with Crippen LogP contribution in [0.4, 0.5) is 5.13 Å². The topological polar surface area (TPSA) is 54.0 Å². The second-order valence-corrected chi connectivity index (χ2v) is 5.51. The predicted molar refractivity (Wildman–Crippen MR) is 74.3 cm³/mol. The Bertz CT molecular complexity index is 589. The second kappa shape index (κ2) is 4.57. The number of nitrogens with zero attached hydrogens (tertiary/aromatic N) is 1. The molecule has 1 fully saturated rings. The van der Waals surface area contributed by atoms with Crippen LogP contribution in [0.2, 0.25) is 0 Å². The molecule has 4 nitrogen and oxygen atoms in total. The van der Waals surface area contributed by atoms with Crippen LogP contribution in [-0.4, -0.2) is 23.5 Å². The number of hydrogen-bond acceptors (Lipinski definition) is 4. The molecule has 1 aliphatic rings. The first kappa shape index (κ1) is 11.5. The van der Waals surface area contributed by atoms with E-state index >= 15 is 0 Å². The highest BCUT2D eigenvalue weighted by molar-refractivity contribution is 7.22. The summed E-state index contributed by atoms with van der Waals surface area (Å²) in [6, 6.07) is 6.07. The minimum atomic E-state index is 0.0257. The zero-order chi connectivity index (χ0) is 12.5. The van der Waals surface area contributed by atoms with Gasteiger partial charge in [0.15, 0.2) is 5.13 Å². The van der Waals surface area contributed by atoms with Gasteiger partial charge in [0, 0.05) is 18.2 Å². The number of carbonyl (C=O) groups is 1. The Morgan fingerprint density at radius 2 is 2.33 bits per heavy atom. The molecule has 1 saturated carbocycles. The van der Waals surface area contributed by atoms with Gasteiger partial charge in [0.25, 0.3) is 5.91 Å². The molecule has 1 aromatic heterocycles. The lowest BCUT2D eigenvalue weighted by Crippen LogP contribution is -2.25. The van der Waals surface area contributed by atoms with Crippen molar-refractivity contribution in [3.8, 4) is 0 Å². The molecule has 1 aromatic carbocycles. The Labute approximate surface area is 109 Å². The maximum Gasteiger partial charge on any atom is 0.251 e. The molecule has 3 rings (SSSR count). The molecule has 2 aromatic rings. The van der Waals surface area contributed by atoms with Crippen LogP contribution in [0, 0.1) is 0 Å². The van der Waals surface area contributed by atoms with Crippen LogP contribution in [0.3, 0.4) is 0 Å². The fourth-order valence-electron chi connectivity index (χ4n) is 1.79. The fourth-order valence-corrected chi connectivity index (χ4v) is 2.76. The van der Waals surface area contributed by atoms with E-state index in [9.17, 15) is 4.79 Å². The molecule has 1 aliphatic carbocycles. The van der Waals surface area contributed by atoms with E-state index in [4.69, 9.17) is 0 Å². The molecule has 2 N–H and O–H groups in total. The van der Waals surface area contributed by atoms with Crippen molar-refractivity contribution in [1.82, 2.24) is 10.3 Å². The Morgan fingerprint density at radius 3 is 3.06 bits per heavy atom. The summed E-state index contributed by atoms with van der Waals surface area (Å²) in [5, 5.41) is 7.10. The molecule has 0 radical (unpaired) electrons. The van der Waals surface area contributed by atoms with Crippen LogP contribution in [0.25, 0.3) is 10.2 Å². The van der Waals surface area contributed by atoms with Gasteiger partial charge in [0.2, 0.25) is 0 Å². The molecule has 0 spiro atoms. The average molecular weight is 261 g/mol. The highest BCUT2D eigenvalue weighted by Gasteiger charge is 2.23. The number of rotatable bonds is 4. The first-order chi connectivity index (χ1) is 8.76. The Morgan fingerprint density at radius 1 is 1.50 bits per heavy atom. The first-order valence-corrected chi connectivity index (χ1v) is 7.03. The van der Waals surface area contributed by atoms with Gasteiger partial charge in [-0.1, -0.05) is 11.3 Å². The molecule has 0 aliphatic heterocycles. The molecule has 0 saturated heterocycles. The maximum atomic E-state index is 11.9. The lowest BCUT2D eigenvalue weighted by molar-refractivity contribution is 0.0951. The minimum absolute atomic E-state index is 0.0257. The van der Waals surface area contributed by atoms with E-state index in [0.717, 1.165) is 40.3 Å². The largest absolute Gasteiger partial charge is 0.362 e. The number of aromatic nitrogens is 1. The van der Waals surface area contributed by atoms with E-state index in [1.807, 2.05) is 25.1 Å². The van der Waals surface area contributed by atoms with Gasteiger partial charge in [-0.2, -0.15) is 0 Å². The van der Waals surface area contributed by atoms with Crippen molar-refractivity contribution in [1.29, 1.82) is 0 Å². The van der Waals surface area contributed by atoms with Crippen molar-refractivity contribution in [2.24, 2.45) is 0 Å². The molecule has 1 heterocycles. The van der Waals surface area contributed by atoms with E-state index < -0.39 is 0 Å². The number of fused-ring (bicyclic) bond motifs is 1. The smallest absolute Gasteiger partial charge is 0.251 e. The van der Waals surface area contributed by atoms with Crippen LogP contribution in [0.5, 0.6) is 0 Å². The van der Waals surface area contributed by atoms with Crippen molar-refractivity contribution in [2.75, 3.05) is 11.9 Å². The second-order valence-electron chi connectivity index (χ2n) is 4.48. The monoisotopic (exact) mass is 261 g/mol. The lowest BCUT2D eigenvalue weighted by Gasteiger charge is -2.02. The SMILES string of the molecule is CCNc1nc2ccc(C(=O)NC3CC3)cc2s1. The summed E-state index contributed by atoms with van der Waals surface area (Å²) in [5.74, 6) is 0.0257. The van der Waals surface area contributed by atoms with Gasteiger partial charge in [-0.3, -0.25) is 4.79 Å². The molecule has 1 amide bonds. The summed E-state index contributed by atoms with van der Waals surface area (Å²) in [6.07, 6.45) is 2.22. The highest BCUT2D eigenvalue weighted by atomic mass is 32.1. The summed E-state index contributed by atoms with van der Waals surface area (Å²) < 4.78 is 1.05. The summed E-state index contributed by atoms with van der Waals surface area (Å²) in [4.78, 5) is 16.4. The zero-order valence-electron chi connectivity index (χ0n) is 10.2. The van der Waals surface area contributed by atoms with Crippen molar-refractivity contribution >= 4 is 32.6 Å². The van der Waals surface area contributed by atoms with Gasteiger partial charge < -0.3 is 10.6 Å². The van der Waals surface area contributed by atoms with Crippen molar-refractivity contribution in [2.45, 2.75) is 25.8 Å². The fraction of sp³-hybridized carbons (Fsp3) is 0.385. The summed E-state index contributed by atoms with van der Waals surface area (Å²) in [5.41, 5.74) is 1.67. The normalized spacial score (nSPS) is 14.7. The number of benzene rings is 1. The van der Waals surface area contributed by atoms with Crippen LogP contribution in [0.1, 0.15) is 30.1 Å². The van der Waals surface area contributed by atoms with Crippen LogP contribution in [0.15, 0.2) is 18.2 Å². The zero-order valence-corrected chi connectivity index (χ0v) is 11.0. The number of hydrogen-bond donors (Lipinski definition) is 2. The number of nitrogens with one attached hydrogen (secondary N) is 2. The molecule has 94 valence electrons. The number of anilines is 1. The molecule has 0 atom stereocenters. The van der Waals surface area contributed by atoms with Crippen LogP contribution in [-0.2, 0) is 0 Å². The van der Waals surface area contributed by atoms with E-state index in [0.29, 0.717) is 6.04 Å². The lowest BCUT2D eigenvalue weighted by atomic mass is 10.2. The quantitative estimate of drug-likeness (QED) is 0.889. The third kappa shape index (κ3) is 2.31. The Balaban J connectivity index is 1.86. The Hall–Kier alpha value is -1.62. The molecule has 18 heavy (non-hydrogen) atoms. The van der Waals surface area contributed by atoms with E-state index in [-0.39, 0.29) is 5.91 Å². The average Bonchev–Trinajstić information content (AvgIpc) is 3.07. The van der Waals surface area contributed by atoms with E-state index in [1.54, 1.807) is 11.3 Å². The number of thiazole rings is 1. The third-order valence-electron chi connectivity index (χ3n) is 2.89. The summed E-state index contributed by atoms with van der Waals surface area (Å²) in [6.45, 7) is 2.90. The van der Waals surface area contributed by atoms with Gasteiger partial charge >= 0.3 is 0 Å². The number of carbonyl (C=O) groups excluding carboxylic acids is 1. The first-order valence-electron chi connectivity index (χ1n) is 6.21. The van der Waals surface area contributed by atoms with E-state index in [2.05, 4.69) is 15.6 Å². The van der Waals surface area contributed by atoms with Gasteiger partial charge in [-0.15, -0.1) is 0 Å². The molecular weight excluding hydrogens is 246 g/mol. The molecule has 0 bridgehead atoms. The van der Waals surface area contributed by atoms with Crippen molar-refractivity contribution in [3.63, 3.8) is 0 Å². The van der Waals surface area contributed by atoms with E-state index in [1.165, 1.54) is 0 Å². The maximum absolute atomic E-state index is 11.9. The van der Waals surface area contributed by atoms with Crippen molar-refractivity contribution < 1.29 is 4.79 Å². The van der Waals surface area contributed by atoms with Crippen LogP contribution >= 0.6 is 11.3 Å². The molecule has 5 heteroatoms. The summed E-state index contributed by atoms with van der Waals surface area (Å²) >= 11 is 1.59. The Kier molecular flexibility index (Phi) is 2.91. The van der Waals surface area contributed by atoms with Gasteiger partial charge in [-0.25, -0.2) is 4.98 Å². The predicted octanol–water partition coefficient (Wildman–Crippen LogP) is 2.62. The van der Waals surface area contributed by atoms with Crippen LogP contribution < -0.4 is 10.6 Å². The molecular formula is C13H15N3OS. The minimum Gasteiger partial charge on any atom is -0.362 e. The standard InChI is InChI=1S/C13H15N3OS/c1-2-14-13-16-10-6-3-8(7-11(10)18-13)12(17)15-9-4-5-9/h3,6-7,9H,2,4-5H2,1H3,(H,14,16)(H,15,17). The summed E-state index contributed by atoms with van der Waals surface area (Å²) in [7, 11) is 0. The van der Waals surface area contributed by atoms with Gasteiger partial charge in [-0.05, 0) is 38.0 Å². The van der Waals surface area contributed by atoms with Crippen molar-refractivity contribution in [3.05, 3.63) is 23.8 Å². The third-order valence-corrected chi connectivity index (χ3v) is 3.87. The number of amides is 1. The van der Waals surface area contributed by atoms with Gasteiger partial charge in [0.1, 0.15) is 0 Å². The van der Waals surface area contributed by atoms with Gasteiger partial charge in [0.05, 0.1) is 10.2 Å². The molecule has 0 unspecified atom stereocenters. The highest BCUT2D eigenvalue weighted by Crippen LogP contribution is 2.27.